The van der Waals surface area contributed by atoms with E-state index in [1.165, 1.54) is 16.9 Å². The first kappa shape index (κ1) is 15.3. The Morgan fingerprint density at radius 2 is 2.05 bits per heavy atom. The summed E-state index contributed by atoms with van der Waals surface area (Å²) >= 11 is 1.66. The lowest BCUT2D eigenvalue weighted by atomic mass is 10.1. The Morgan fingerprint density at radius 1 is 1.27 bits per heavy atom. The minimum atomic E-state index is 0.0145. The van der Waals surface area contributed by atoms with Crippen LogP contribution in [0.5, 0.6) is 0 Å². The molecule has 1 heterocycles. The Bertz CT molecular complexity index is 627. The van der Waals surface area contributed by atoms with Gasteiger partial charge in [-0.3, -0.25) is 4.79 Å². The number of fused-ring (bicyclic) bond motifs is 1. The van der Waals surface area contributed by atoms with E-state index in [4.69, 9.17) is 0 Å². The number of hydrogen-bond donors (Lipinski definition) is 1. The third-order valence-corrected chi connectivity index (χ3v) is 5.26. The molecular formula is C18H22N2OS. The molecule has 0 aliphatic heterocycles. The molecule has 1 aromatic heterocycles. The molecule has 0 fully saturated rings. The van der Waals surface area contributed by atoms with Crippen molar-refractivity contribution in [2.75, 3.05) is 20.6 Å². The van der Waals surface area contributed by atoms with Crippen LogP contribution in [0.1, 0.15) is 38.1 Å². The molecule has 0 unspecified atom stereocenters. The van der Waals surface area contributed by atoms with Crippen LogP contribution < -0.4 is 5.32 Å². The summed E-state index contributed by atoms with van der Waals surface area (Å²) in [5.41, 5.74) is 2.52. The molecule has 2 aromatic rings. The summed E-state index contributed by atoms with van der Waals surface area (Å²) in [4.78, 5) is 16.9. The van der Waals surface area contributed by atoms with Crippen LogP contribution in [0.2, 0.25) is 0 Å². The van der Waals surface area contributed by atoms with Crippen LogP contribution in [0.25, 0.3) is 0 Å². The molecule has 1 aliphatic rings. The number of likely N-dealkylation sites (N-methyl/N-ethyl adjacent to an activating group) is 1. The molecular weight excluding hydrogens is 292 g/mol. The summed E-state index contributed by atoms with van der Waals surface area (Å²) in [6.07, 6.45) is 3.49. The van der Waals surface area contributed by atoms with Gasteiger partial charge >= 0.3 is 0 Å². The summed E-state index contributed by atoms with van der Waals surface area (Å²) in [6, 6.07) is 12.3. The molecule has 0 radical (unpaired) electrons. The van der Waals surface area contributed by atoms with Gasteiger partial charge in [0.25, 0.3) is 5.91 Å². The van der Waals surface area contributed by atoms with E-state index >= 15 is 0 Å². The van der Waals surface area contributed by atoms with Crippen molar-refractivity contribution >= 4 is 17.2 Å². The van der Waals surface area contributed by atoms with Crippen molar-refractivity contribution in [3.63, 3.8) is 0 Å². The number of amides is 1. The SMILES string of the molecule is CN(C)C[C@H](NC(=O)c1cc2c(s1)CCC2)c1ccccc1. The zero-order chi connectivity index (χ0) is 15.5. The number of thiophene rings is 1. The Labute approximate surface area is 136 Å². The lowest BCUT2D eigenvalue weighted by Gasteiger charge is -2.22. The van der Waals surface area contributed by atoms with Crippen molar-refractivity contribution < 1.29 is 4.79 Å². The highest BCUT2D eigenvalue weighted by Crippen LogP contribution is 2.30. The highest BCUT2D eigenvalue weighted by Gasteiger charge is 2.21. The minimum Gasteiger partial charge on any atom is -0.343 e. The molecule has 22 heavy (non-hydrogen) atoms. The number of aryl methyl sites for hydroxylation is 2. The first-order valence-corrected chi connectivity index (χ1v) is 8.57. The highest BCUT2D eigenvalue weighted by molar-refractivity contribution is 7.14. The fraction of sp³-hybridized carbons (Fsp3) is 0.389. The van der Waals surface area contributed by atoms with Gasteiger partial charge in [-0.1, -0.05) is 30.3 Å². The van der Waals surface area contributed by atoms with Gasteiger partial charge in [0.15, 0.2) is 0 Å². The zero-order valence-electron chi connectivity index (χ0n) is 13.1. The van der Waals surface area contributed by atoms with Crippen molar-refractivity contribution in [3.8, 4) is 0 Å². The number of hydrogen-bond acceptors (Lipinski definition) is 3. The van der Waals surface area contributed by atoms with Crippen molar-refractivity contribution in [2.24, 2.45) is 0 Å². The molecule has 3 nitrogen and oxygen atoms in total. The molecule has 1 N–H and O–H groups in total. The number of benzene rings is 1. The molecule has 116 valence electrons. The van der Waals surface area contributed by atoms with Crippen molar-refractivity contribution in [1.29, 1.82) is 0 Å². The van der Waals surface area contributed by atoms with Gasteiger partial charge in [0.2, 0.25) is 0 Å². The van der Waals surface area contributed by atoms with Gasteiger partial charge in [-0.2, -0.15) is 0 Å². The van der Waals surface area contributed by atoms with E-state index in [-0.39, 0.29) is 11.9 Å². The second-order valence-corrected chi connectivity index (χ2v) is 7.25. The van der Waals surface area contributed by atoms with Gasteiger partial charge in [-0.05, 0) is 50.6 Å². The maximum atomic E-state index is 12.6. The van der Waals surface area contributed by atoms with E-state index in [0.29, 0.717) is 0 Å². The van der Waals surface area contributed by atoms with Crippen LogP contribution in [-0.4, -0.2) is 31.4 Å². The largest absolute Gasteiger partial charge is 0.343 e. The number of nitrogens with one attached hydrogen (secondary N) is 1. The van der Waals surface area contributed by atoms with Crippen molar-refractivity contribution in [2.45, 2.75) is 25.3 Å². The van der Waals surface area contributed by atoms with E-state index < -0.39 is 0 Å². The number of carbonyl (C=O) groups excluding carboxylic acids is 1. The maximum absolute atomic E-state index is 12.6. The van der Waals surface area contributed by atoms with E-state index in [0.717, 1.165) is 29.8 Å². The smallest absolute Gasteiger partial charge is 0.261 e. The van der Waals surface area contributed by atoms with Crippen LogP contribution in [-0.2, 0) is 12.8 Å². The molecule has 1 aromatic carbocycles. The summed E-state index contributed by atoms with van der Waals surface area (Å²) < 4.78 is 0. The summed E-state index contributed by atoms with van der Waals surface area (Å²) in [5.74, 6) is 0.0510. The van der Waals surface area contributed by atoms with Crippen LogP contribution in [0, 0.1) is 0 Å². The molecule has 0 saturated heterocycles. The van der Waals surface area contributed by atoms with Gasteiger partial charge in [0.1, 0.15) is 0 Å². The fourth-order valence-electron chi connectivity index (χ4n) is 2.96. The van der Waals surface area contributed by atoms with Gasteiger partial charge in [0.05, 0.1) is 10.9 Å². The molecule has 1 amide bonds. The molecule has 0 saturated carbocycles. The Morgan fingerprint density at radius 3 is 2.73 bits per heavy atom. The average molecular weight is 314 g/mol. The van der Waals surface area contributed by atoms with Gasteiger partial charge in [-0.15, -0.1) is 11.3 Å². The first-order valence-electron chi connectivity index (χ1n) is 7.75. The summed E-state index contributed by atoms with van der Waals surface area (Å²) in [7, 11) is 4.06. The van der Waals surface area contributed by atoms with Crippen LogP contribution >= 0.6 is 11.3 Å². The molecule has 1 atom stereocenters. The second-order valence-electron chi connectivity index (χ2n) is 6.11. The van der Waals surface area contributed by atoms with E-state index in [1.807, 2.05) is 32.3 Å². The predicted molar refractivity (Wildman–Crippen MR) is 91.5 cm³/mol. The third kappa shape index (κ3) is 3.39. The molecule has 3 rings (SSSR count). The van der Waals surface area contributed by atoms with E-state index in [1.54, 1.807) is 11.3 Å². The maximum Gasteiger partial charge on any atom is 0.261 e. The van der Waals surface area contributed by atoms with E-state index in [9.17, 15) is 4.79 Å². The number of rotatable bonds is 5. The van der Waals surface area contributed by atoms with Gasteiger partial charge in [0, 0.05) is 11.4 Å². The Balaban J connectivity index is 1.76. The average Bonchev–Trinajstić information content (AvgIpc) is 3.08. The molecule has 0 spiro atoms. The molecule has 4 heteroatoms. The fourth-order valence-corrected chi connectivity index (χ4v) is 4.11. The van der Waals surface area contributed by atoms with E-state index in [2.05, 4.69) is 28.4 Å². The van der Waals surface area contributed by atoms with Crippen LogP contribution in [0.15, 0.2) is 36.4 Å². The van der Waals surface area contributed by atoms with Crippen LogP contribution in [0.3, 0.4) is 0 Å². The van der Waals surface area contributed by atoms with Crippen LogP contribution in [0.4, 0.5) is 0 Å². The highest BCUT2D eigenvalue weighted by atomic mass is 32.1. The normalized spacial score (nSPS) is 14.9. The lowest BCUT2D eigenvalue weighted by Crippen LogP contribution is -2.35. The lowest BCUT2D eigenvalue weighted by molar-refractivity contribution is 0.0934. The number of carbonyl (C=O) groups is 1. The van der Waals surface area contributed by atoms with Gasteiger partial charge in [-0.25, -0.2) is 0 Å². The van der Waals surface area contributed by atoms with Gasteiger partial charge < -0.3 is 10.2 Å². The Hall–Kier alpha value is -1.65. The topological polar surface area (TPSA) is 32.3 Å². The Kier molecular flexibility index (Phi) is 4.60. The summed E-state index contributed by atoms with van der Waals surface area (Å²) in [6.45, 7) is 0.793. The number of nitrogens with zero attached hydrogens (tertiary/aromatic N) is 1. The van der Waals surface area contributed by atoms with Crippen molar-refractivity contribution in [1.82, 2.24) is 10.2 Å². The van der Waals surface area contributed by atoms with Crippen molar-refractivity contribution in [3.05, 3.63) is 57.3 Å². The quantitative estimate of drug-likeness (QED) is 0.918. The second kappa shape index (κ2) is 6.63. The zero-order valence-corrected chi connectivity index (χ0v) is 14.0. The monoisotopic (exact) mass is 314 g/mol. The molecule has 1 aliphatic carbocycles. The molecule has 0 bridgehead atoms. The summed E-state index contributed by atoms with van der Waals surface area (Å²) in [5, 5.41) is 3.20. The first-order chi connectivity index (χ1) is 10.6. The standard InChI is InChI=1S/C18H22N2OS/c1-20(2)12-15(13-7-4-3-5-8-13)19-18(21)17-11-14-9-6-10-16(14)22-17/h3-5,7-8,11,15H,6,9-10,12H2,1-2H3,(H,19,21)/t15-/m0/s1. The third-order valence-electron chi connectivity index (χ3n) is 4.03. The minimum absolute atomic E-state index is 0.0145. The predicted octanol–water partition coefficient (Wildman–Crippen LogP) is 3.27.